The molecule has 1 amide bonds. The first kappa shape index (κ1) is 18.5. The third-order valence-corrected chi connectivity index (χ3v) is 4.06. The summed E-state index contributed by atoms with van der Waals surface area (Å²) in [7, 11) is 0. The van der Waals surface area contributed by atoms with Gasteiger partial charge in [-0.2, -0.15) is 0 Å². The summed E-state index contributed by atoms with van der Waals surface area (Å²) in [6.45, 7) is 2.06. The molecule has 1 heterocycles. The molecule has 0 saturated carbocycles. The number of ether oxygens (including phenoxy) is 2. The van der Waals surface area contributed by atoms with Crippen LogP contribution in [0.25, 0.3) is 0 Å². The Morgan fingerprint density at radius 1 is 1.46 bits per heavy atom. The van der Waals surface area contributed by atoms with Crippen LogP contribution in [-0.4, -0.2) is 53.8 Å². The predicted molar refractivity (Wildman–Crippen MR) is 84.7 cm³/mol. The summed E-state index contributed by atoms with van der Waals surface area (Å²) in [5, 5.41) is 9.13. The van der Waals surface area contributed by atoms with Crippen LogP contribution in [0.2, 0.25) is 5.02 Å². The number of hydrogen-bond donors (Lipinski definition) is 1. The van der Waals surface area contributed by atoms with Gasteiger partial charge in [-0.15, -0.1) is 0 Å². The van der Waals surface area contributed by atoms with Crippen LogP contribution in [0.5, 0.6) is 5.75 Å². The normalized spacial score (nSPS) is 16.5. The summed E-state index contributed by atoms with van der Waals surface area (Å²) >= 11 is 5.89. The largest absolute Gasteiger partial charge is 0.480 e. The summed E-state index contributed by atoms with van der Waals surface area (Å²) in [6, 6.07) is 3.38. The van der Waals surface area contributed by atoms with Crippen molar-refractivity contribution in [3.8, 4) is 5.75 Å². The monoisotopic (exact) mass is 359 g/mol. The Balaban J connectivity index is 2.10. The van der Waals surface area contributed by atoms with Gasteiger partial charge in [-0.25, -0.2) is 4.39 Å². The zero-order valence-corrected chi connectivity index (χ0v) is 14.0. The average Bonchev–Trinajstić information content (AvgIpc) is 2.55. The van der Waals surface area contributed by atoms with E-state index in [4.69, 9.17) is 26.2 Å². The summed E-state index contributed by atoms with van der Waals surface area (Å²) in [6.07, 6.45) is 0.196. The number of amides is 1. The maximum Gasteiger partial charge on any atom is 0.323 e. The van der Waals surface area contributed by atoms with Crippen LogP contribution in [0.1, 0.15) is 19.8 Å². The first-order valence-corrected chi connectivity index (χ1v) is 7.98. The van der Waals surface area contributed by atoms with E-state index in [1.54, 1.807) is 0 Å². The number of carboxylic acid groups (broad SMARTS) is 1. The number of aliphatic carboxylic acids is 1. The second-order valence-electron chi connectivity index (χ2n) is 5.54. The number of hydrogen-bond acceptors (Lipinski definition) is 4. The van der Waals surface area contributed by atoms with E-state index in [0.29, 0.717) is 26.1 Å². The van der Waals surface area contributed by atoms with Crippen molar-refractivity contribution in [3.05, 3.63) is 29.0 Å². The number of halogens is 2. The standard InChI is InChI=1S/C16H19ClFNO5/c1-10(24-14-3-2-11(18)8-13(14)17)16(22)19(9-15(20)21)12-4-6-23-7-5-12/h2-3,8,10,12H,4-7,9H2,1H3,(H,20,21)/t10-/m1/s1. The van der Waals surface area contributed by atoms with E-state index in [9.17, 15) is 14.0 Å². The minimum absolute atomic E-state index is 0.0468. The lowest BCUT2D eigenvalue weighted by Crippen LogP contribution is -2.50. The highest BCUT2D eigenvalue weighted by atomic mass is 35.5. The maximum absolute atomic E-state index is 13.1. The van der Waals surface area contributed by atoms with Gasteiger partial charge in [0.2, 0.25) is 0 Å². The summed E-state index contributed by atoms with van der Waals surface area (Å²) in [5.41, 5.74) is 0. The van der Waals surface area contributed by atoms with Crippen molar-refractivity contribution in [2.45, 2.75) is 31.9 Å². The van der Waals surface area contributed by atoms with Crippen LogP contribution in [0.15, 0.2) is 18.2 Å². The Kier molecular flexibility index (Phi) is 6.39. The van der Waals surface area contributed by atoms with Crippen LogP contribution >= 0.6 is 11.6 Å². The third kappa shape index (κ3) is 4.82. The van der Waals surface area contributed by atoms with Gasteiger partial charge in [0.15, 0.2) is 6.10 Å². The fourth-order valence-electron chi connectivity index (χ4n) is 2.57. The minimum atomic E-state index is -1.10. The second-order valence-corrected chi connectivity index (χ2v) is 5.95. The quantitative estimate of drug-likeness (QED) is 0.843. The molecule has 0 unspecified atom stereocenters. The maximum atomic E-state index is 13.1. The first-order chi connectivity index (χ1) is 11.4. The smallest absolute Gasteiger partial charge is 0.323 e. The van der Waals surface area contributed by atoms with E-state index in [1.165, 1.54) is 24.0 Å². The Morgan fingerprint density at radius 3 is 2.71 bits per heavy atom. The van der Waals surface area contributed by atoms with Crippen molar-refractivity contribution in [2.24, 2.45) is 0 Å². The summed E-state index contributed by atoms with van der Waals surface area (Å²) < 4.78 is 23.8. The predicted octanol–water partition coefficient (Wildman–Crippen LogP) is 2.34. The van der Waals surface area contributed by atoms with Gasteiger partial charge in [-0.3, -0.25) is 9.59 Å². The van der Waals surface area contributed by atoms with E-state index in [2.05, 4.69) is 0 Å². The topological polar surface area (TPSA) is 76.1 Å². The lowest BCUT2D eigenvalue weighted by molar-refractivity contribution is -0.151. The molecule has 1 aliphatic heterocycles. The summed E-state index contributed by atoms with van der Waals surface area (Å²) in [4.78, 5) is 25.0. The molecule has 8 heteroatoms. The van der Waals surface area contributed by atoms with Crippen molar-refractivity contribution in [1.29, 1.82) is 0 Å². The van der Waals surface area contributed by atoms with Crippen LogP contribution < -0.4 is 4.74 Å². The molecule has 132 valence electrons. The number of benzene rings is 1. The molecule has 1 aliphatic rings. The highest BCUT2D eigenvalue weighted by molar-refractivity contribution is 6.32. The zero-order chi connectivity index (χ0) is 17.7. The molecule has 0 aliphatic carbocycles. The van der Waals surface area contributed by atoms with Crippen molar-refractivity contribution in [3.63, 3.8) is 0 Å². The van der Waals surface area contributed by atoms with Gasteiger partial charge < -0.3 is 19.5 Å². The molecule has 0 spiro atoms. The average molecular weight is 360 g/mol. The number of nitrogens with zero attached hydrogens (tertiary/aromatic N) is 1. The molecular formula is C16H19ClFNO5. The van der Waals surface area contributed by atoms with Crippen LogP contribution in [-0.2, 0) is 14.3 Å². The number of rotatable bonds is 6. The van der Waals surface area contributed by atoms with E-state index < -0.39 is 30.3 Å². The van der Waals surface area contributed by atoms with E-state index in [0.717, 1.165) is 6.07 Å². The highest BCUT2D eigenvalue weighted by Gasteiger charge is 2.31. The van der Waals surface area contributed by atoms with Gasteiger partial charge >= 0.3 is 5.97 Å². The van der Waals surface area contributed by atoms with Gasteiger partial charge in [-0.05, 0) is 38.0 Å². The number of carboxylic acids is 1. The van der Waals surface area contributed by atoms with Gasteiger partial charge in [-0.1, -0.05) is 11.6 Å². The van der Waals surface area contributed by atoms with Crippen molar-refractivity contribution < 1.29 is 28.6 Å². The van der Waals surface area contributed by atoms with Gasteiger partial charge in [0.25, 0.3) is 5.91 Å². The molecule has 1 fully saturated rings. The number of carbonyl (C=O) groups is 2. The molecule has 0 bridgehead atoms. The summed E-state index contributed by atoms with van der Waals surface area (Å²) in [5.74, 6) is -1.89. The molecular weight excluding hydrogens is 341 g/mol. The number of carbonyl (C=O) groups excluding carboxylic acids is 1. The molecule has 0 aromatic heterocycles. The lowest BCUT2D eigenvalue weighted by Gasteiger charge is -2.34. The molecule has 2 rings (SSSR count). The fourth-order valence-corrected chi connectivity index (χ4v) is 2.79. The van der Waals surface area contributed by atoms with Gasteiger partial charge in [0.1, 0.15) is 18.1 Å². The van der Waals surface area contributed by atoms with Crippen LogP contribution in [0, 0.1) is 5.82 Å². The minimum Gasteiger partial charge on any atom is -0.480 e. The molecule has 1 N–H and O–H groups in total. The van der Waals surface area contributed by atoms with E-state index in [1.807, 2.05) is 0 Å². The molecule has 1 saturated heterocycles. The highest BCUT2D eigenvalue weighted by Crippen LogP contribution is 2.26. The van der Waals surface area contributed by atoms with Crippen LogP contribution in [0.4, 0.5) is 4.39 Å². The molecule has 1 atom stereocenters. The Labute approximate surface area is 144 Å². The molecule has 1 aromatic rings. The second kappa shape index (κ2) is 8.30. The van der Waals surface area contributed by atoms with Gasteiger partial charge in [0.05, 0.1) is 5.02 Å². The van der Waals surface area contributed by atoms with E-state index >= 15 is 0 Å². The Bertz CT molecular complexity index is 606. The van der Waals surface area contributed by atoms with Crippen LogP contribution in [0.3, 0.4) is 0 Å². The van der Waals surface area contributed by atoms with Crippen molar-refractivity contribution in [1.82, 2.24) is 4.90 Å². The third-order valence-electron chi connectivity index (χ3n) is 3.77. The lowest BCUT2D eigenvalue weighted by atomic mass is 10.1. The van der Waals surface area contributed by atoms with Crippen molar-refractivity contribution in [2.75, 3.05) is 19.8 Å². The Morgan fingerprint density at radius 2 is 2.12 bits per heavy atom. The molecule has 0 radical (unpaired) electrons. The van der Waals surface area contributed by atoms with E-state index in [-0.39, 0.29) is 16.8 Å². The SMILES string of the molecule is C[C@@H](Oc1ccc(F)cc1Cl)C(=O)N(CC(=O)O)C1CCOCC1. The Hall–Kier alpha value is -1.86. The van der Waals surface area contributed by atoms with Crippen molar-refractivity contribution >= 4 is 23.5 Å². The molecule has 1 aromatic carbocycles. The molecule has 6 nitrogen and oxygen atoms in total. The fraction of sp³-hybridized carbons (Fsp3) is 0.500. The zero-order valence-electron chi connectivity index (χ0n) is 13.2. The molecule has 24 heavy (non-hydrogen) atoms. The van der Waals surface area contributed by atoms with Gasteiger partial charge in [0, 0.05) is 19.3 Å². The first-order valence-electron chi connectivity index (χ1n) is 7.60.